The van der Waals surface area contributed by atoms with Gasteiger partial charge in [0.15, 0.2) is 0 Å². The number of likely N-dealkylation sites (tertiary alicyclic amines) is 1. The molecule has 1 saturated heterocycles. The van der Waals surface area contributed by atoms with Gasteiger partial charge >= 0.3 is 0 Å². The lowest BCUT2D eigenvalue weighted by Gasteiger charge is -2.36. The van der Waals surface area contributed by atoms with E-state index in [1.54, 1.807) is 12.1 Å². The standard InChI is InChI=1S/C14H16N3O2/c15-10-2-1-9-7-13(14(19)16-12(9)8-10)17-5-3-11(18)4-6-17/h1-2,8,13,15H,3-7H2,(H,16,19). The Morgan fingerprint density at radius 3 is 2.68 bits per heavy atom. The molecule has 1 aromatic rings. The van der Waals surface area contributed by atoms with Crippen LogP contribution in [-0.4, -0.2) is 35.7 Å². The minimum absolute atomic E-state index is 0.0209. The number of carbonyl (C=O) groups is 2. The predicted octanol–water partition coefficient (Wildman–Crippen LogP) is 1.13. The molecule has 1 aromatic carbocycles. The summed E-state index contributed by atoms with van der Waals surface area (Å²) in [6.07, 6.45) is 1.75. The maximum atomic E-state index is 12.2. The van der Waals surface area contributed by atoms with Crippen molar-refractivity contribution >= 4 is 23.1 Å². The zero-order valence-corrected chi connectivity index (χ0v) is 10.6. The van der Waals surface area contributed by atoms with Crippen LogP contribution in [0.2, 0.25) is 0 Å². The average Bonchev–Trinajstić information content (AvgIpc) is 2.39. The molecule has 5 heteroatoms. The monoisotopic (exact) mass is 258 g/mol. The second kappa shape index (κ2) is 4.66. The minimum Gasteiger partial charge on any atom is -0.324 e. The van der Waals surface area contributed by atoms with Gasteiger partial charge < -0.3 is 11.1 Å². The molecule has 2 aliphatic heterocycles. The summed E-state index contributed by atoms with van der Waals surface area (Å²) >= 11 is 0. The first-order chi connectivity index (χ1) is 9.13. The zero-order valence-electron chi connectivity index (χ0n) is 10.6. The molecule has 1 amide bonds. The number of piperidine rings is 1. The van der Waals surface area contributed by atoms with Crippen LogP contribution in [-0.2, 0) is 16.0 Å². The number of nitrogens with one attached hydrogen (secondary N) is 2. The Bertz CT molecular complexity index is 531. The molecular weight excluding hydrogens is 242 g/mol. The number of rotatable bonds is 1. The second-order valence-electron chi connectivity index (χ2n) is 5.16. The maximum Gasteiger partial charge on any atom is 0.242 e. The summed E-state index contributed by atoms with van der Waals surface area (Å²) in [7, 11) is 0. The van der Waals surface area contributed by atoms with Gasteiger partial charge in [-0.25, -0.2) is 0 Å². The van der Waals surface area contributed by atoms with Crippen molar-refractivity contribution in [2.45, 2.75) is 25.3 Å². The molecule has 1 unspecified atom stereocenters. The highest BCUT2D eigenvalue weighted by molar-refractivity contribution is 5.98. The van der Waals surface area contributed by atoms with E-state index in [9.17, 15) is 9.59 Å². The molecule has 1 radical (unpaired) electrons. The first-order valence-electron chi connectivity index (χ1n) is 6.54. The number of anilines is 1. The third-order valence-electron chi connectivity index (χ3n) is 3.88. The fraction of sp³-hybridized carbons (Fsp3) is 0.429. The molecule has 2 aliphatic rings. The van der Waals surface area contributed by atoms with Crippen molar-refractivity contribution in [1.29, 1.82) is 0 Å². The van der Waals surface area contributed by atoms with Gasteiger partial charge in [0.25, 0.3) is 0 Å². The van der Waals surface area contributed by atoms with Crippen LogP contribution in [0, 0.1) is 0 Å². The summed E-state index contributed by atoms with van der Waals surface area (Å²) in [5.74, 6) is 0.263. The molecule has 0 bridgehead atoms. The summed E-state index contributed by atoms with van der Waals surface area (Å²) in [4.78, 5) is 25.5. The Labute approximate surface area is 111 Å². The Morgan fingerprint density at radius 2 is 1.95 bits per heavy atom. The van der Waals surface area contributed by atoms with Crippen LogP contribution in [0.3, 0.4) is 0 Å². The van der Waals surface area contributed by atoms with Crippen LogP contribution in [0.5, 0.6) is 0 Å². The van der Waals surface area contributed by atoms with Gasteiger partial charge in [-0.15, -0.1) is 0 Å². The number of nitrogens with zero attached hydrogens (tertiary/aromatic N) is 1. The first kappa shape index (κ1) is 12.2. The van der Waals surface area contributed by atoms with Crippen LogP contribution in [0.25, 0.3) is 0 Å². The zero-order chi connectivity index (χ0) is 13.4. The highest BCUT2D eigenvalue weighted by atomic mass is 16.2. The molecule has 0 aliphatic carbocycles. The number of benzene rings is 1. The quantitative estimate of drug-likeness (QED) is 0.820. The third kappa shape index (κ3) is 2.33. The fourth-order valence-electron chi connectivity index (χ4n) is 2.77. The van der Waals surface area contributed by atoms with Gasteiger partial charge in [0.05, 0.1) is 11.7 Å². The lowest BCUT2D eigenvalue weighted by Crippen LogP contribution is -2.50. The van der Waals surface area contributed by atoms with Crippen LogP contribution in [0.15, 0.2) is 18.2 Å². The Balaban J connectivity index is 1.80. The van der Waals surface area contributed by atoms with E-state index in [0.717, 1.165) is 11.3 Å². The summed E-state index contributed by atoms with van der Waals surface area (Å²) < 4.78 is 0. The van der Waals surface area contributed by atoms with E-state index in [1.165, 1.54) is 0 Å². The molecule has 2 heterocycles. The normalized spacial score (nSPS) is 23.9. The largest absolute Gasteiger partial charge is 0.324 e. The minimum atomic E-state index is -0.183. The Kier molecular flexibility index (Phi) is 2.98. The van der Waals surface area contributed by atoms with Crippen molar-refractivity contribution in [2.75, 3.05) is 18.4 Å². The highest BCUT2D eigenvalue weighted by Crippen LogP contribution is 2.28. The molecular formula is C14H16N3O2. The van der Waals surface area contributed by atoms with Gasteiger partial charge in [-0.3, -0.25) is 14.5 Å². The number of Topliss-reactive ketones (excluding diaryl/α,β-unsaturated/α-hetero) is 1. The maximum absolute atomic E-state index is 12.2. The van der Waals surface area contributed by atoms with E-state index < -0.39 is 0 Å². The van der Waals surface area contributed by atoms with Gasteiger partial charge in [0.1, 0.15) is 5.78 Å². The lowest BCUT2D eigenvalue weighted by molar-refractivity contribution is -0.127. The predicted molar refractivity (Wildman–Crippen MR) is 71.1 cm³/mol. The van der Waals surface area contributed by atoms with E-state index >= 15 is 0 Å². The average molecular weight is 258 g/mol. The highest BCUT2D eigenvalue weighted by Gasteiger charge is 2.33. The van der Waals surface area contributed by atoms with Gasteiger partial charge in [-0.2, -0.15) is 0 Å². The number of carbonyl (C=O) groups excluding carboxylic acids is 2. The van der Waals surface area contributed by atoms with Crippen molar-refractivity contribution in [3.05, 3.63) is 23.8 Å². The number of hydrogen-bond acceptors (Lipinski definition) is 3. The van der Waals surface area contributed by atoms with Crippen molar-refractivity contribution in [1.82, 2.24) is 10.6 Å². The summed E-state index contributed by atoms with van der Waals surface area (Å²) in [5.41, 5.74) is 9.79. The molecule has 99 valence electrons. The smallest absolute Gasteiger partial charge is 0.242 e. The van der Waals surface area contributed by atoms with Crippen LogP contribution >= 0.6 is 0 Å². The Morgan fingerprint density at radius 1 is 1.21 bits per heavy atom. The number of ketones is 1. The molecule has 0 saturated carbocycles. The lowest BCUT2D eigenvalue weighted by atomic mass is 9.95. The van der Waals surface area contributed by atoms with Gasteiger partial charge in [-0.1, -0.05) is 6.07 Å². The summed E-state index contributed by atoms with van der Waals surface area (Å²) in [5, 5.41) is 2.87. The summed E-state index contributed by atoms with van der Waals surface area (Å²) in [6.45, 7) is 1.34. The van der Waals surface area contributed by atoms with E-state index in [1.807, 2.05) is 6.07 Å². The van der Waals surface area contributed by atoms with E-state index in [0.29, 0.717) is 38.0 Å². The molecule has 5 nitrogen and oxygen atoms in total. The van der Waals surface area contributed by atoms with Crippen molar-refractivity contribution in [3.63, 3.8) is 0 Å². The summed E-state index contributed by atoms with van der Waals surface area (Å²) in [6, 6.07) is 5.15. The number of amides is 1. The SMILES string of the molecule is [NH]c1ccc2c(c1)NC(=O)C(N1CCC(=O)CC1)C2. The van der Waals surface area contributed by atoms with Crippen molar-refractivity contribution < 1.29 is 9.59 Å². The molecule has 0 aromatic heterocycles. The van der Waals surface area contributed by atoms with Gasteiger partial charge in [0, 0.05) is 31.6 Å². The molecule has 1 fully saturated rings. The third-order valence-corrected chi connectivity index (χ3v) is 3.88. The molecule has 2 N–H and O–H groups in total. The van der Waals surface area contributed by atoms with E-state index in [-0.39, 0.29) is 17.7 Å². The molecule has 0 spiro atoms. The van der Waals surface area contributed by atoms with Crippen molar-refractivity contribution in [3.8, 4) is 0 Å². The topological polar surface area (TPSA) is 73.2 Å². The fourth-order valence-corrected chi connectivity index (χ4v) is 2.77. The van der Waals surface area contributed by atoms with E-state index in [4.69, 9.17) is 5.73 Å². The molecule has 1 atom stereocenters. The van der Waals surface area contributed by atoms with Crippen LogP contribution in [0.1, 0.15) is 18.4 Å². The Hall–Kier alpha value is -1.88. The molecule has 19 heavy (non-hydrogen) atoms. The first-order valence-corrected chi connectivity index (χ1v) is 6.54. The molecule has 3 rings (SSSR count). The van der Waals surface area contributed by atoms with E-state index in [2.05, 4.69) is 10.2 Å². The van der Waals surface area contributed by atoms with Gasteiger partial charge in [-0.05, 0) is 24.1 Å². The number of fused-ring (bicyclic) bond motifs is 1. The van der Waals surface area contributed by atoms with Crippen LogP contribution in [0.4, 0.5) is 11.4 Å². The van der Waals surface area contributed by atoms with Crippen molar-refractivity contribution in [2.24, 2.45) is 0 Å². The van der Waals surface area contributed by atoms with Gasteiger partial charge in [0.2, 0.25) is 5.91 Å². The van der Waals surface area contributed by atoms with Crippen LogP contribution < -0.4 is 11.1 Å². The number of hydrogen-bond donors (Lipinski definition) is 1. The second-order valence-corrected chi connectivity index (χ2v) is 5.16.